The third-order valence-corrected chi connectivity index (χ3v) is 8.32. The number of carbonyl (C=O) groups is 4. The summed E-state index contributed by atoms with van der Waals surface area (Å²) in [5.41, 5.74) is 3.53. The lowest BCUT2D eigenvalue weighted by molar-refractivity contribution is 0.0227. The number of carbonyl (C=O) groups excluding carboxylic acids is 4. The lowest BCUT2D eigenvalue weighted by Gasteiger charge is -2.28. The number of hydrogen-bond acceptors (Lipinski definition) is 9. The number of alkyl carbamates (subject to hydrolysis) is 1. The molecule has 0 aliphatic heterocycles. The fraction of sp³-hybridized carbons (Fsp3) is 0.907. The Labute approximate surface area is 341 Å². The van der Waals surface area contributed by atoms with Crippen molar-refractivity contribution >= 4 is 24.4 Å². The van der Waals surface area contributed by atoms with Gasteiger partial charge in [0.15, 0.2) is 0 Å². The molecule has 0 rings (SSSR count). The minimum absolute atomic E-state index is 0.267. The normalized spacial score (nSPS) is 12.2. The quantitative estimate of drug-likeness (QED) is 0.0643. The molecule has 0 saturated heterocycles. The molecule has 0 radical (unpaired) electrons. The van der Waals surface area contributed by atoms with Crippen molar-refractivity contribution in [2.45, 2.75) is 202 Å². The van der Waals surface area contributed by atoms with Crippen LogP contribution in [0.1, 0.15) is 179 Å². The van der Waals surface area contributed by atoms with E-state index in [1.54, 1.807) is 4.90 Å². The molecule has 0 aromatic carbocycles. The summed E-state index contributed by atoms with van der Waals surface area (Å²) < 4.78 is 22.3. The predicted octanol–water partition coefficient (Wildman–Crippen LogP) is 10.0. The van der Waals surface area contributed by atoms with Crippen LogP contribution >= 0.6 is 0 Å². The van der Waals surface area contributed by atoms with Crippen LogP contribution in [0.3, 0.4) is 0 Å². The second-order valence-electron chi connectivity index (χ2n) is 18.9. The van der Waals surface area contributed by atoms with Gasteiger partial charge in [-0.1, -0.05) is 51.4 Å². The first-order valence-corrected chi connectivity index (χ1v) is 21.5. The van der Waals surface area contributed by atoms with Crippen LogP contribution in [0.2, 0.25) is 0 Å². The lowest BCUT2D eigenvalue weighted by Crippen LogP contribution is -2.38. The Kier molecular flexibility index (Phi) is 26.2. The monoisotopic (exact) mass is 800 g/mol. The summed E-state index contributed by atoms with van der Waals surface area (Å²) in [4.78, 5) is 55.9. The van der Waals surface area contributed by atoms with Crippen LogP contribution in [0, 0.1) is 0 Å². The zero-order chi connectivity index (χ0) is 42.8. The first-order chi connectivity index (χ1) is 25.9. The van der Waals surface area contributed by atoms with Gasteiger partial charge in [0, 0.05) is 45.8 Å². The number of hydrogen-bond donors (Lipinski definition) is 2. The van der Waals surface area contributed by atoms with E-state index in [0.717, 1.165) is 96.3 Å². The molecule has 13 nitrogen and oxygen atoms in total. The fourth-order valence-corrected chi connectivity index (χ4v) is 5.70. The Bertz CT molecular complexity index is 1090. The van der Waals surface area contributed by atoms with Gasteiger partial charge in [-0.3, -0.25) is 0 Å². The molecule has 0 spiro atoms. The molecule has 0 aromatic heterocycles. The van der Waals surface area contributed by atoms with Gasteiger partial charge in [-0.15, -0.1) is 0 Å². The SMILES string of the molecule is CC(C)(C)OC(=O)NCCCCCCN(CCCCCCCCN(CCCCCCN(CCCN)C(=O)OC(C)(C)C)C(=O)OC(C)(C)C)C(=O)OC(C)(C)C. The zero-order valence-electron chi connectivity index (χ0n) is 37.9. The third-order valence-electron chi connectivity index (χ3n) is 8.32. The van der Waals surface area contributed by atoms with Gasteiger partial charge in [0.1, 0.15) is 22.4 Å². The standard InChI is InChI=1S/C43H85N5O8/c1-40(2,3)53-36(49)45-29-21-15-18-24-32-46(37(50)54-41(4,5)6)30-22-16-13-14-17-23-31-47(38(51)55-42(7,8)9)33-25-19-20-26-34-48(35-27-28-44)39(52)56-43(10,11)12/h13-35,44H2,1-12H3,(H,45,49). The van der Waals surface area contributed by atoms with Gasteiger partial charge in [0.05, 0.1) is 0 Å². The van der Waals surface area contributed by atoms with E-state index in [-0.39, 0.29) is 18.3 Å². The zero-order valence-corrected chi connectivity index (χ0v) is 37.9. The molecule has 56 heavy (non-hydrogen) atoms. The maximum Gasteiger partial charge on any atom is 0.410 e. The molecule has 0 aliphatic carbocycles. The molecule has 13 heteroatoms. The average Bonchev–Trinajstić information content (AvgIpc) is 3.02. The van der Waals surface area contributed by atoms with Crippen molar-refractivity contribution in [1.29, 1.82) is 0 Å². The van der Waals surface area contributed by atoms with Crippen molar-refractivity contribution in [2.75, 3.05) is 52.4 Å². The van der Waals surface area contributed by atoms with E-state index in [2.05, 4.69) is 5.32 Å². The van der Waals surface area contributed by atoms with Crippen LogP contribution in [0.5, 0.6) is 0 Å². The number of nitrogens with zero attached hydrogens (tertiary/aromatic N) is 3. The molecule has 0 atom stereocenters. The first-order valence-electron chi connectivity index (χ1n) is 21.5. The molecule has 0 fully saturated rings. The fourth-order valence-electron chi connectivity index (χ4n) is 5.70. The van der Waals surface area contributed by atoms with Crippen LogP contribution in [0.4, 0.5) is 19.2 Å². The smallest absolute Gasteiger partial charge is 0.410 e. The van der Waals surface area contributed by atoms with Crippen LogP contribution in [-0.4, -0.2) is 114 Å². The molecule has 3 N–H and O–H groups in total. The highest BCUT2D eigenvalue weighted by Gasteiger charge is 2.24. The number of rotatable bonds is 26. The third kappa shape index (κ3) is 32.2. The number of nitrogens with two attached hydrogens (primary N) is 1. The summed E-state index contributed by atoms with van der Waals surface area (Å²) in [7, 11) is 0. The van der Waals surface area contributed by atoms with Gasteiger partial charge in [0.25, 0.3) is 0 Å². The molecule has 0 aromatic rings. The van der Waals surface area contributed by atoms with Crippen molar-refractivity contribution in [2.24, 2.45) is 5.73 Å². The Balaban J connectivity index is 4.68. The van der Waals surface area contributed by atoms with E-state index in [9.17, 15) is 19.2 Å². The Hall–Kier alpha value is -2.96. The molecule has 0 aliphatic rings. The highest BCUT2D eigenvalue weighted by Crippen LogP contribution is 2.17. The summed E-state index contributed by atoms with van der Waals surface area (Å²) in [6.07, 6.45) is 12.8. The predicted molar refractivity (Wildman–Crippen MR) is 226 cm³/mol. The van der Waals surface area contributed by atoms with Gasteiger partial charge in [-0.25, -0.2) is 19.2 Å². The van der Waals surface area contributed by atoms with Crippen molar-refractivity contribution in [3.05, 3.63) is 0 Å². The molecular formula is C43H85N5O8. The molecular weight excluding hydrogens is 715 g/mol. The van der Waals surface area contributed by atoms with Gasteiger partial charge in [-0.05, 0) is 135 Å². The van der Waals surface area contributed by atoms with Crippen LogP contribution in [0.25, 0.3) is 0 Å². The van der Waals surface area contributed by atoms with Gasteiger partial charge >= 0.3 is 24.4 Å². The molecule has 0 bridgehead atoms. The van der Waals surface area contributed by atoms with Crippen LogP contribution in [0.15, 0.2) is 0 Å². The van der Waals surface area contributed by atoms with E-state index >= 15 is 0 Å². The van der Waals surface area contributed by atoms with E-state index < -0.39 is 28.5 Å². The van der Waals surface area contributed by atoms with Crippen molar-refractivity contribution in [3.8, 4) is 0 Å². The van der Waals surface area contributed by atoms with Crippen molar-refractivity contribution < 1.29 is 38.1 Å². The van der Waals surface area contributed by atoms with Gasteiger partial charge < -0.3 is 44.7 Å². The molecule has 330 valence electrons. The highest BCUT2D eigenvalue weighted by molar-refractivity contribution is 5.69. The largest absolute Gasteiger partial charge is 0.444 e. The number of ether oxygens (including phenoxy) is 4. The first kappa shape index (κ1) is 53.0. The minimum atomic E-state index is -0.558. The second-order valence-corrected chi connectivity index (χ2v) is 18.9. The molecule has 0 saturated carbocycles. The molecule has 0 heterocycles. The minimum Gasteiger partial charge on any atom is -0.444 e. The Morgan fingerprint density at radius 1 is 0.393 bits per heavy atom. The van der Waals surface area contributed by atoms with E-state index in [1.807, 2.05) is 92.9 Å². The summed E-state index contributed by atoms with van der Waals surface area (Å²) in [5.74, 6) is 0. The van der Waals surface area contributed by atoms with E-state index in [4.69, 9.17) is 24.7 Å². The summed E-state index contributed by atoms with van der Waals surface area (Å²) in [6, 6.07) is 0. The summed E-state index contributed by atoms with van der Waals surface area (Å²) in [6.45, 7) is 27.4. The lowest BCUT2D eigenvalue weighted by atomic mass is 10.1. The summed E-state index contributed by atoms with van der Waals surface area (Å²) >= 11 is 0. The Morgan fingerprint density at radius 3 is 0.911 bits per heavy atom. The van der Waals surface area contributed by atoms with E-state index in [1.165, 1.54) is 0 Å². The molecule has 0 unspecified atom stereocenters. The number of nitrogens with one attached hydrogen (secondary N) is 1. The summed E-state index contributed by atoms with van der Waals surface area (Å²) in [5, 5.41) is 2.80. The van der Waals surface area contributed by atoms with Gasteiger partial charge in [0.2, 0.25) is 0 Å². The number of amides is 4. The van der Waals surface area contributed by atoms with Gasteiger partial charge in [-0.2, -0.15) is 0 Å². The van der Waals surface area contributed by atoms with E-state index in [0.29, 0.717) is 52.4 Å². The van der Waals surface area contributed by atoms with Crippen molar-refractivity contribution in [1.82, 2.24) is 20.0 Å². The van der Waals surface area contributed by atoms with Crippen LogP contribution < -0.4 is 11.1 Å². The topological polar surface area (TPSA) is 153 Å². The number of unbranched alkanes of at least 4 members (excludes halogenated alkanes) is 11. The van der Waals surface area contributed by atoms with Crippen LogP contribution in [-0.2, 0) is 18.9 Å². The maximum atomic E-state index is 13.0. The highest BCUT2D eigenvalue weighted by atomic mass is 16.6. The Morgan fingerprint density at radius 2 is 0.643 bits per heavy atom. The van der Waals surface area contributed by atoms with Crippen molar-refractivity contribution in [3.63, 3.8) is 0 Å². The average molecular weight is 800 g/mol. The maximum absolute atomic E-state index is 13.0. The molecule has 4 amide bonds. The second kappa shape index (κ2) is 27.6.